The molecule has 1 amide bonds. The average molecular weight is 282 g/mol. The molecule has 1 heterocycles. The van der Waals surface area contributed by atoms with Crippen molar-refractivity contribution in [2.75, 3.05) is 6.61 Å². The lowest BCUT2D eigenvalue weighted by atomic mass is 10.2. The maximum Gasteiger partial charge on any atom is 0.257 e. The fourth-order valence-electron chi connectivity index (χ4n) is 1.47. The van der Waals surface area contributed by atoms with E-state index in [1.54, 1.807) is 31.2 Å². The van der Waals surface area contributed by atoms with Gasteiger partial charge in [0.2, 0.25) is 5.91 Å². The molecule has 2 aromatic rings. The Morgan fingerprint density at radius 3 is 2.79 bits per heavy atom. The molecule has 0 saturated carbocycles. The minimum absolute atomic E-state index is 0.340. The summed E-state index contributed by atoms with van der Waals surface area (Å²) in [6.07, 6.45) is 0. The highest BCUT2D eigenvalue weighted by molar-refractivity contribution is 6.30. The molecule has 0 bridgehead atoms. The van der Waals surface area contributed by atoms with Crippen LogP contribution in [0, 0.1) is 0 Å². The quantitative estimate of drug-likeness (QED) is 0.888. The van der Waals surface area contributed by atoms with E-state index in [4.69, 9.17) is 21.2 Å². The highest BCUT2D eigenvalue weighted by atomic mass is 35.5. The zero-order valence-corrected chi connectivity index (χ0v) is 10.9. The molecule has 0 aliphatic carbocycles. The summed E-state index contributed by atoms with van der Waals surface area (Å²) in [5.74, 6) is 0.189. The zero-order chi connectivity index (χ0) is 13.8. The van der Waals surface area contributed by atoms with Crippen LogP contribution in [0.5, 0.6) is 0 Å². The smallest absolute Gasteiger partial charge is 0.257 e. The molecule has 1 atom stereocenters. The number of nitrogens with one attached hydrogen (secondary N) is 1. The number of hydrogen-bond acceptors (Lipinski definition) is 5. The third kappa shape index (κ3) is 3.30. The summed E-state index contributed by atoms with van der Waals surface area (Å²) in [4.78, 5) is 15.2. The first-order chi connectivity index (χ1) is 9.10. The van der Waals surface area contributed by atoms with Crippen LogP contribution in [-0.4, -0.2) is 27.8 Å². The van der Waals surface area contributed by atoms with Crippen molar-refractivity contribution >= 4 is 17.5 Å². The van der Waals surface area contributed by atoms with E-state index in [2.05, 4.69) is 15.5 Å². The third-order valence-corrected chi connectivity index (χ3v) is 2.69. The number of carbonyl (C=O) groups excluding carboxylic acids is 1. The summed E-state index contributed by atoms with van der Waals surface area (Å²) in [5.41, 5.74) is 0.740. The Morgan fingerprint density at radius 2 is 2.16 bits per heavy atom. The van der Waals surface area contributed by atoms with Crippen molar-refractivity contribution < 1.29 is 14.4 Å². The molecule has 1 aromatic carbocycles. The third-order valence-electron chi connectivity index (χ3n) is 2.44. The number of hydrogen-bond donors (Lipinski definition) is 2. The standard InChI is InChI=1S/C12H12ClN3O3/c1-7(14-10(18)6-17)11-15-12(19-16-11)8-2-4-9(13)5-3-8/h2-5,7,17H,6H2,1H3,(H,14,18). The highest BCUT2D eigenvalue weighted by Gasteiger charge is 2.16. The number of aliphatic hydroxyl groups excluding tert-OH is 1. The summed E-state index contributed by atoms with van der Waals surface area (Å²) in [6.45, 7) is 1.12. The first kappa shape index (κ1) is 13.5. The molecule has 1 aromatic heterocycles. The fraction of sp³-hybridized carbons (Fsp3) is 0.250. The molecule has 0 spiro atoms. The zero-order valence-electron chi connectivity index (χ0n) is 10.1. The van der Waals surface area contributed by atoms with Gasteiger partial charge in [0.25, 0.3) is 5.89 Å². The molecule has 0 saturated heterocycles. The molecule has 2 rings (SSSR count). The van der Waals surface area contributed by atoms with E-state index in [0.717, 1.165) is 5.56 Å². The van der Waals surface area contributed by atoms with Crippen molar-refractivity contribution in [2.45, 2.75) is 13.0 Å². The fourth-order valence-corrected chi connectivity index (χ4v) is 1.60. The van der Waals surface area contributed by atoms with Gasteiger partial charge >= 0.3 is 0 Å². The molecule has 0 radical (unpaired) electrons. The van der Waals surface area contributed by atoms with Gasteiger partial charge in [0.15, 0.2) is 5.82 Å². The molecule has 0 fully saturated rings. The van der Waals surface area contributed by atoms with Crippen molar-refractivity contribution in [1.29, 1.82) is 0 Å². The number of aromatic nitrogens is 2. The van der Waals surface area contributed by atoms with E-state index in [-0.39, 0.29) is 0 Å². The monoisotopic (exact) mass is 281 g/mol. The van der Waals surface area contributed by atoms with E-state index >= 15 is 0 Å². The van der Waals surface area contributed by atoms with Crippen molar-refractivity contribution in [3.05, 3.63) is 35.1 Å². The predicted molar refractivity (Wildman–Crippen MR) is 68.4 cm³/mol. The van der Waals surface area contributed by atoms with Crippen LogP contribution in [0.25, 0.3) is 11.5 Å². The lowest BCUT2D eigenvalue weighted by molar-refractivity contribution is -0.124. The second kappa shape index (κ2) is 5.81. The highest BCUT2D eigenvalue weighted by Crippen LogP contribution is 2.21. The van der Waals surface area contributed by atoms with Gasteiger partial charge in [-0.15, -0.1) is 0 Å². The average Bonchev–Trinajstić information content (AvgIpc) is 2.89. The topological polar surface area (TPSA) is 88.2 Å². The molecule has 6 nitrogen and oxygen atoms in total. The van der Waals surface area contributed by atoms with Gasteiger partial charge in [0, 0.05) is 10.6 Å². The van der Waals surface area contributed by atoms with Crippen molar-refractivity contribution in [1.82, 2.24) is 15.5 Å². The van der Waals surface area contributed by atoms with Crippen LogP contribution in [0.1, 0.15) is 18.8 Å². The van der Waals surface area contributed by atoms with Gasteiger partial charge < -0.3 is 14.9 Å². The van der Waals surface area contributed by atoms with Crippen LogP contribution in [0.4, 0.5) is 0 Å². The molecular weight excluding hydrogens is 270 g/mol. The van der Waals surface area contributed by atoms with Crippen molar-refractivity contribution in [3.63, 3.8) is 0 Å². The lowest BCUT2D eigenvalue weighted by Gasteiger charge is -2.07. The Bertz CT molecular complexity index is 568. The number of halogens is 1. The molecule has 0 aliphatic rings. The normalized spacial score (nSPS) is 12.2. The largest absolute Gasteiger partial charge is 0.387 e. The van der Waals surface area contributed by atoms with Crippen molar-refractivity contribution in [2.24, 2.45) is 0 Å². The molecule has 0 aliphatic heterocycles. The Morgan fingerprint density at radius 1 is 1.47 bits per heavy atom. The van der Waals surface area contributed by atoms with Gasteiger partial charge in [-0.2, -0.15) is 4.98 Å². The summed E-state index contributed by atoms with van der Waals surface area (Å²) in [7, 11) is 0. The van der Waals surface area contributed by atoms with E-state index in [1.807, 2.05) is 0 Å². The Hall–Kier alpha value is -1.92. The second-order valence-corrected chi connectivity index (χ2v) is 4.35. The maximum absolute atomic E-state index is 11.0. The number of benzene rings is 1. The summed E-state index contributed by atoms with van der Waals surface area (Å²) in [6, 6.07) is 6.52. The molecule has 19 heavy (non-hydrogen) atoms. The van der Waals surface area contributed by atoms with E-state index in [0.29, 0.717) is 16.7 Å². The van der Waals surface area contributed by atoms with Crippen LogP contribution in [-0.2, 0) is 4.79 Å². The van der Waals surface area contributed by atoms with Crippen LogP contribution in [0.15, 0.2) is 28.8 Å². The van der Waals surface area contributed by atoms with Gasteiger partial charge in [-0.25, -0.2) is 0 Å². The van der Waals surface area contributed by atoms with Crippen LogP contribution in [0.3, 0.4) is 0 Å². The molecule has 2 N–H and O–H groups in total. The van der Waals surface area contributed by atoms with Crippen LogP contribution >= 0.6 is 11.6 Å². The minimum Gasteiger partial charge on any atom is -0.387 e. The maximum atomic E-state index is 11.0. The first-order valence-electron chi connectivity index (χ1n) is 5.60. The Kier molecular flexibility index (Phi) is 4.13. The number of aliphatic hydroxyl groups is 1. The number of nitrogens with zero attached hydrogens (tertiary/aromatic N) is 2. The van der Waals surface area contributed by atoms with Gasteiger partial charge in [-0.05, 0) is 31.2 Å². The molecule has 1 unspecified atom stereocenters. The number of amides is 1. The number of carbonyl (C=O) groups is 1. The van der Waals surface area contributed by atoms with Crippen LogP contribution < -0.4 is 5.32 Å². The van der Waals surface area contributed by atoms with Crippen LogP contribution in [0.2, 0.25) is 5.02 Å². The van der Waals surface area contributed by atoms with Crippen molar-refractivity contribution in [3.8, 4) is 11.5 Å². The second-order valence-electron chi connectivity index (χ2n) is 3.91. The first-order valence-corrected chi connectivity index (χ1v) is 5.97. The summed E-state index contributed by atoms with van der Waals surface area (Å²) < 4.78 is 5.11. The van der Waals surface area contributed by atoms with Gasteiger partial charge in [-0.3, -0.25) is 4.79 Å². The van der Waals surface area contributed by atoms with Gasteiger partial charge in [0.1, 0.15) is 6.61 Å². The van der Waals surface area contributed by atoms with Gasteiger partial charge in [0.05, 0.1) is 6.04 Å². The minimum atomic E-state index is -0.577. The summed E-state index contributed by atoms with van der Waals surface area (Å²) in [5, 5.41) is 15.6. The van der Waals surface area contributed by atoms with E-state index < -0.39 is 18.6 Å². The predicted octanol–water partition coefficient (Wildman–Crippen LogP) is 1.56. The lowest BCUT2D eigenvalue weighted by Crippen LogP contribution is -2.29. The molecular formula is C12H12ClN3O3. The number of rotatable bonds is 4. The molecule has 100 valence electrons. The Labute approximate surface area is 114 Å². The summed E-state index contributed by atoms with van der Waals surface area (Å²) >= 11 is 5.79. The SMILES string of the molecule is CC(NC(=O)CO)c1noc(-c2ccc(Cl)cc2)n1. The molecule has 7 heteroatoms. The van der Waals surface area contributed by atoms with E-state index in [9.17, 15) is 4.79 Å². The van der Waals surface area contributed by atoms with Gasteiger partial charge in [-0.1, -0.05) is 16.8 Å². The Balaban J connectivity index is 2.14. The van der Waals surface area contributed by atoms with E-state index in [1.165, 1.54) is 0 Å².